The lowest BCUT2D eigenvalue weighted by molar-refractivity contribution is 0.440. The highest BCUT2D eigenvalue weighted by Gasteiger charge is 2.25. The Morgan fingerprint density at radius 1 is 1.33 bits per heavy atom. The van der Waals surface area contributed by atoms with E-state index in [2.05, 4.69) is 16.5 Å². The van der Waals surface area contributed by atoms with Crippen LogP contribution in [0.1, 0.15) is 49.2 Å². The van der Waals surface area contributed by atoms with E-state index in [1.807, 2.05) is 12.4 Å². The van der Waals surface area contributed by atoms with Gasteiger partial charge in [-0.25, -0.2) is 9.37 Å². The smallest absolute Gasteiger partial charge is 0.123 e. The number of nitrogens with zero attached hydrogens (tertiary/aromatic N) is 2. The fourth-order valence-corrected chi connectivity index (χ4v) is 3.26. The number of aryl methyl sites for hydroxylation is 1. The average Bonchev–Trinajstić information content (AvgIpc) is 2.91. The molecule has 2 N–H and O–H groups in total. The van der Waals surface area contributed by atoms with Crippen molar-refractivity contribution in [3.05, 3.63) is 53.4 Å². The molecule has 0 amide bonds. The quantitative estimate of drug-likeness (QED) is 0.938. The fraction of sp³-hybridized carbons (Fsp3) is 0.471. The summed E-state index contributed by atoms with van der Waals surface area (Å²) in [7, 11) is 0. The first-order valence-electron chi connectivity index (χ1n) is 7.76. The molecule has 2 atom stereocenters. The van der Waals surface area contributed by atoms with E-state index in [1.54, 1.807) is 12.1 Å². The van der Waals surface area contributed by atoms with Gasteiger partial charge in [0, 0.05) is 11.7 Å². The molecule has 1 aromatic heterocycles. The zero-order valence-electron chi connectivity index (χ0n) is 12.4. The Hall–Kier alpha value is -1.68. The van der Waals surface area contributed by atoms with E-state index in [-0.39, 0.29) is 17.9 Å². The zero-order valence-corrected chi connectivity index (χ0v) is 12.4. The maximum Gasteiger partial charge on any atom is 0.123 e. The largest absolute Gasteiger partial charge is 0.326 e. The number of halogens is 1. The summed E-state index contributed by atoms with van der Waals surface area (Å²) in [5.74, 6) is -0.213. The molecule has 0 radical (unpaired) electrons. The summed E-state index contributed by atoms with van der Waals surface area (Å²) in [6, 6.07) is 6.69. The first-order valence-corrected chi connectivity index (χ1v) is 7.76. The van der Waals surface area contributed by atoms with Crippen LogP contribution in [0.25, 0.3) is 0 Å². The Labute approximate surface area is 125 Å². The minimum absolute atomic E-state index is 0.0416. The summed E-state index contributed by atoms with van der Waals surface area (Å²) in [5.41, 5.74) is 9.74. The summed E-state index contributed by atoms with van der Waals surface area (Å²) in [6.45, 7) is 2.07. The molecule has 1 aliphatic rings. The van der Waals surface area contributed by atoms with Gasteiger partial charge in [0.15, 0.2) is 0 Å². The summed E-state index contributed by atoms with van der Waals surface area (Å²) < 4.78 is 15.8. The SMILES string of the molecule is CCC(N)C(c1cccc(F)c1)n1cnc2c1CCCC2. The standard InChI is InChI=1S/C17H22FN3/c1-2-14(19)17(12-6-5-7-13(18)10-12)21-11-20-15-8-3-4-9-16(15)21/h5-7,10-11,14,17H,2-4,8-9,19H2,1H3. The minimum Gasteiger partial charge on any atom is -0.326 e. The second kappa shape index (κ2) is 5.98. The third-order valence-electron chi connectivity index (χ3n) is 4.43. The molecule has 0 saturated carbocycles. The van der Waals surface area contributed by atoms with Gasteiger partial charge in [0.25, 0.3) is 0 Å². The lowest BCUT2D eigenvalue weighted by atomic mass is 9.95. The third kappa shape index (κ3) is 2.72. The number of hydrogen-bond acceptors (Lipinski definition) is 2. The highest BCUT2D eigenvalue weighted by Crippen LogP contribution is 2.29. The Kier molecular flexibility index (Phi) is 4.06. The number of rotatable bonds is 4. The number of fused-ring (bicyclic) bond motifs is 1. The van der Waals surface area contributed by atoms with Gasteiger partial charge >= 0.3 is 0 Å². The van der Waals surface area contributed by atoms with Crippen LogP contribution in [0.15, 0.2) is 30.6 Å². The predicted octanol–water partition coefficient (Wildman–Crippen LogP) is 3.23. The maximum absolute atomic E-state index is 13.6. The maximum atomic E-state index is 13.6. The van der Waals surface area contributed by atoms with Gasteiger partial charge in [0.1, 0.15) is 5.82 Å². The van der Waals surface area contributed by atoms with Crippen molar-refractivity contribution in [2.24, 2.45) is 5.73 Å². The number of hydrogen-bond donors (Lipinski definition) is 1. The second-order valence-electron chi connectivity index (χ2n) is 5.82. The zero-order chi connectivity index (χ0) is 14.8. The average molecular weight is 287 g/mol. The van der Waals surface area contributed by atoms with Gasteiger partial charge in [0.05, 0.1) is 18.1 Å². The molecule has 0 saturated heterocycles. The van der Waals surface area contributed by atoms with Gasteiger partial charge in [-0.2, -0.15) is 0 Å². The van der Waals surface area contributed by atoms with Crippen molar-refractivity contribution < 1.29 is 4.39 Å². The van der Waals surface area contributed by atoms with Crippen LogP contribution >= 0.6 is 0 Å². The summed E-state index contributed by atoms with van der Waals surface area (Å²) in [5, 5.41) is 0. The molecule has 3 nitrogen and oxygen atoms in total. The van der Waals surface area contributed by atoms with E-state index in [4.69, 9.17) is 5.73 Å². The molecule has 21 heavy (non-hydrogen) atoms. The fourth-order valence-electron chi connectivity index (χ4n) is 3.26. The molecule has 112 valence electrons. The van der Waals surface area contributed by atoms with Gasteiger partial charge in [-0.1, -0.05) is 19.1 Å². The van der Waals surface area contributed by atoms with Crippen LogP contribution in [0.3, 0.4) is 0 Å². The van der Waals surface area contributed by atoms with Crippen molar-refractivity contribution in [2.75, 3.05) is 0 Å². The normalized spacial score (nSPS) is 17.3. The first-order chi connectivity index (χ1) is 10.2. The van der Waals surface area contributed by atoms with E-state index in [0.717, 1.165) is 24.8 Å². The molecule has 4 heteroatoms. The number of imidazole rings is 1. The van der Waals surface area contributed by atoms with Gasteiger partial charge in [-0.05, 0) is 49.8 Å². The van der Waals surface area contributed by atoms with Crippen LogP contribution in [0.4, 0.5) is 4.39 Å². The molecular formula is C17H22FN3. The Balaban J connectivity index is 2.06. The Morgan fingerprint density at radius 2 is 2.14 bits per heavy atom. The molecule has 3 rings (SSSR count). The number of aromatic nitrogens is 2. The molecule has 0 spiro atoms. The van der Waals surface area contributed by atoms with Crippen LogP contribution in [-0.4, -0.2) is 15.6 Å². The summed E-state index contributed by atoms with van der Waals surface area (Å²) in [6.07, 6.45) is 7.21. The highest BCUT2D eigenvalue weighted by molar-refractivity contribution is 5.26. The molecule has 2 unspecified atom stereocenters. The van der Waals surface area contributed by atoms with Gasteiger partial charge in [0.2, 0.25) is 0 Å². The lowest BCUT2D eigenvalue weighted by Gasteiger charge is -2.28. The van der Waals surface area contributed by atoms with Gasteiger partial charge in [-0.15, -0.1) is 0 Å². The van der Waals surface area contributed by atoms with E-state index >= 15 is 0 Å². The van der Waals surface area contributed by atoms with E-state index in [9.17, 15) is 4.39 Å². The van der Waals surface area contributed by atoms with Crippen LogP contribution in [0.5, 0.6) is 0 Å². The molecule has 2 aromatic rings. The summed E-state index contributed by atoms with van der Waals surface area (Å²) >= 11 is 0. The van der Waals surface area contributed by atoms with Crippen molar-refractivity contribution in [2.45, 2.75) is 51.1 Å². The van der Waals surface area contributed by atoms with Crippen LogP contribution in [0, 0.1) is 5.82 Å². The van der Waals surface area contributed by atoms with Crippen LogP contribution < -0.4 is 5.73 Å². The van der Waals surface area contributed by atoms with Crippen LogP contribution in [-0.2, 0) is 12.8 Å². The monoisotopic (exact) mass is 287 g/mol. The molecule has 1 aliphatic carbocycles. The molecule has 1 aromatic carbocycles. The predicted molar refractivity (Wildman–Crippen MR) is 81.7 cm³/mol. The third-order valence-corrected chi connectivity index (χ3v) is 4.43. The molecule has 0 bridgehead atoms. The Bertz CT molecular complexity index is 620. The Morgan fingerprint density at radius 3 is 2.90 bits per heavy atom. The number of benzene rings is 1. The van der Waals surface area contributed by atoms with E-state index in [1.165, 1.54) is 30.3 Å². The van der Waals surface area contributed by atoms with E-state index in [0.29, 0.717) is 0 Å². The molecule has 0 fully saturated rings. The van der Waals surface area contributed by atoms with Crippen molar-refractivity contribution in [1.82, 2.24) is 9.55 Å². The van der Waals surface area contributed by atoms with Crippen molar-refractivity contribution in [3.63, 3.8) is 0 Å². The second-order valence-corrected chi connectivity index (χ2v) is 5.82. The number of nitrogens with two attached hydrogens (primary N) is 1. The minimum atomic E-state index is -0.213. The van der Waals surface area contributed by atoms with Crippen molar-refractivity contribution >= 4 is 0 Å². The highest BCUT2D eigenvalue weighted by atomic mass is 19.1. The first kappa shape index (κ1) is 14.3. The summed E-state index contributed by atoms with van der Waals surface area (Å²) in [4.78, 5) is 4.56. The van der Waals surface area contributed by atoms with Crippen molar-refractivity contribution in [1.29, 1.82) is 0 Å². The lowest BCUT2D eigenvalue weighted by Crippen LogP contribution is -2.33. The molecular weight excluding hydrogens is 265 g/mol. The topological polar surface area (TPSA) is 43.8 Å². The van der Waals surface area contributed by atoms with Crippen molar-refractivity contribution in [3.8, 4) is 0 Å². The molecule has 0 aliphatic heterocycles. The van der Waals surface area contributed by atoms with Gasteiger partial charge in [-0.3, -0.25) is 0 Å². The van der Waals surface area contributed by atoms with E-state index < -0.39 is 0 Å². The van der Waals surface area contributed by atoms with Gasteiger partial charge < -0.3 is 10.3 Å². The van der Waals surface area contributed by atoms with Crippen LogP contribution in [0.2, 0.25) is 0 Å². The molecule has 1 heterocycles.